The maximum atomic E-state index is 5.73. The minimum atomic E-state index is 0.402. The van der Waals surface area contributed by atoms with Crippen LogP contribution < -0.4 is 5.32 Å². The predicted octanol–water partition coefficient (Wildman–Crippen LogP) is 1.10. The largest absolute Gasteiger partial charge is 0.374 e. The second kappa shape index (κ2) is 5.28. The van der Waals surface area contributed by atoms with Crippen molar-refractivity contribution >= 4 is 0 Å². The normalized spacial score (nSPS) is 38.4. The van der Waals surface area contributed by atoms with E-state index in [0.29, 0.717) is 6.10 Å². The third-order valence-electron chi connectivity index (χ3n) is 3.67. The summed E-state index contributed by atoms with van der Waals surface area (Å²) in [5, 5.41) is 3.65. The highest BCUT2D eigenvalue weighted by molar-refractivity contribution is 4.80. The minimum Gasteiger partial charge on any atom is -0.374 e. The smallest absolute Gasteiger partial charge is 0.0826 e. The van der Waals surface area contributed by atoms with E-state index in [1.54, 1.807) is 0 Å². The first kappa shape index (κ1) is 11.4. The first-order valence-electron chi connectivity index (χ1n) is 6.27. The molecule has 3 heteroatoms. The van der Waals surface area contributed by atoms with Gasteiger partial charge < -0.3 is 15.0 Å². The molecule has 0 aromatic carbocycles. The molecule has 0 radical (unpaired) electrons. The fourth-order valence-electron chi connectivity index (χ4n) is 2.68. The van der Waals surface area contributed by atoms with Crippen LogP contribution in [0.4, 0.5) is 0 Å². The van der Waals surface area contributed by atoms with Crippen molar-refractivity contribution in [2.75, 3.05) is 33.3 Å². The number of hydrogen-bond acceptors (Lipinski definition) is 3. The SMILES string of the molecule is C[C@H]1CC[C@H](NC[C@@H]2CN(C)CCO2)C1. The maximum absolute atomic E-state index is 5.73. The molecular formula is C12H24N2O. The Morgan fingerprint density at radius 2 is 2.27 bits per heavy atom. The van der Waals surface area contributed by atoms with Gasteiger partial charge in [-0.05, 0) is 32.2 Å². The van der Waals surface area contributed by atoms with Gasteiger partial charge in [-0.3, -0.25) is 0 Å². The van der Waals surface area contributed by atoms with E-state index < -0.39 is 0 Å². The second-order valence-corrected chi connectivity index (χ2v) is 5.28. The van der Waals surface area contributed by atoms with Crippen LogP contribution in [-0.2, 0) is 4.74 Å². The molecule has 2 rings (SSSR count). The quantitative estimate of drug-likeness (QED) is 0.758. The Balaban J connectivity index is 1.64. The summed E-state index contributed by atoms with van der Waals surface area (Å²) in [7, 11) is 2.17. The number of nitrogens with one attached hydrogen (secondary N) is 1. The van der Waals surface area contributed by atoms with Crippen LogP contribution in [0.3, 0.4) is 0 Å². The molecule has 3 atom stereocenters. The third-order valence-corrected chi connectivity index (χ3v) is 3.67. The molecule has 2 fully saturated rings. The molecule has 0 aromatic rings. The van der Waals surface area contributed by atoms with Crippen molar-refractivity contribution in [2.24, 2.45) is 5.92 Å². The first-order valence-corrected chi connectivity index (χ1v) is 6.27. The van der Waals surface area contributed by atoms with Gasteiger partial charge in [-0.15, -0.1) is 0 Å². The van der Waals surface area contributed by atoms with Crippen LogP contribution >= 0.6 is 0 Å². The Morgan fingerprint density at radius 1 is 1.40 bits per heavy atom. The van der Waals surface area contributed by atoms with Gasteiger partial charge in [-0.25, -0.2) is 0 Å². The summed E-state index contributed by atoms with van der Waals surface area (Å²) in [6, 6.07) is 0.746. The van der Waals surface area contributed by atoms with Crippen molar-refractivity contribution in [2.45, 2.75) is 38.3 Å². The van der Waals surface area contributed by atoms with Crippen molar-refractivity contribution in [3.63, 3.8) is 0 Å². The van der Waals surface area contributed by atoms with Crippen molar-refractivity contribution in [1.29, 1.82) is 0 Å². The van der Waals surface area contributed by atoms with Gasteiger partial charge in [-0.1, -0.05) is 6.92 Å². The van der Waals surface area contributed by atoms with Gasteiger partial charge in [0.2, 0.25) is 0 Å². The van der Waals surface area contributed by atoms with Crippen molar-refractivity contribution in [1.82, 2.24) is 10.2 Å². The molecule has 1 saturated carbocycles. The number of ether oxygens (including phenoxy) is 1. The standard InChI is InChI=1S/C12H24N2O/c1-10-3-4-11(7-10)13-8-12-9-14(2)5-6-15-12/h10-13H,3-9H2,1-2H3/t10-,11-,12+/m0/s1. The molecule has 1 aliphatic carbocycles. The fraction of sp³-hybridized carbons (Fsp3) is 1.00. The molecule has 0 spiro atoms. The van der Waals surface area contributed by atoms with E-state index in [1.807, 2.05) is 0 Å². The van der Waals surface area contributed by atoms with Crippen molar-refractivity contribution in [3.05, 3.63) is 0 Å². The van der Waals surface area contributed by atoms with E-state index in [2.05, 4.69) is 24.2 Å². The Kier molecular flexibility index (Phi) is 4.00. The maximum Gasteiger partial charge on any atom is 0.0826 e. The zero-order valence-corrected chi connectivity index (χ0v) is 10.0. The first-order chi connectivity index (χ1) is 7.24. The Labute approximate surface area is 93.2 Å². The van der Waals surface area contributed by atoms with E-state index in [-0.39, 0.29) is 0 Å². The molecule has 88 valence electrons. The lowest BCUT2D eigenvalue weighted by molar-refractivity contribution is -0.0192. The zero-order valence-electron chi connectivity index (χ0n) is 10.0. The predicted molar refractivity (Wildman–Crippen MR) is 62.0 cm³/mol. The fourth-order valence-corrected chi connectivity index (χ4v) is 2.68. The Bertz CT molecular complexity index is 198. The molecule has 0 amide bonds. The van der Waals surface area contributed by atoms with Crippen LogP contribution in [0, 0.1) is 5.92 Å². The number of likely N-dealkylation sites (N-methyl/N-ethyl adjacent to an activating group) is 1. The summed E-state index contributed by atoms with van der Waals surface area (Å²) in [5.74, 6) is 0.914. The van der Waals surface area contributed by atoms with Crippen molar-refractivity contribution < 1.29 is 4.74 Å². The van der Waals surface area contributed by atoms with Gasteiger partial charge in [0.05, 0.1) is 12.7 Å². The molecule has 2 aliphatic rings. The lowest BCUT2D eigenvalue weighted by Gasteiger charge is -2.31. The summed E-state index contributed by atoms with van der Waals surface area (Å²) < 4.78 is 5.73. The van der Waals surface area contributed by atoms with Gasteiger partial charge in [0.25, 0.3) is 0 Å². The molecule has 1 aliphatic heterocycles. The van der Waals surface area contributed by atoms with Crippen LogP contribution in [0.25, 0.3) is 0 Å². The molecule has 0 aromatic heterocycles. The number of nitrogens with zero attached hydrogens (tertiary/aromatic N) is 1. The van der Waals surface area contributed by atoms with Gasteiger partial charge in [0, 0.05) is 25.7 Å². The van der Waals surface area contributed by atoms with E-state index in [0.717, 1.165) is 38.2 Å². The lowest BCUT2D eigenvalue weighted by atomic mass is 10.1. The van der Waals surface area contributed by atoms with Crippen LogP contribution in [-0.4, -0.2) is 50.3 Å². The monoisotopic (exact) mass is 212 g/mol. The lowest BCUT2D eigenvalue weighted by Crippen LogP contribution is -2.46. The van der Waals surface area contributed by atoms with Crippen LogP contribution in [0.1, 0.15) is 26.2 Å². The Hall–Kier alpha value is -0.120. The highest BCUT2D eigenvalue weighted by Gasteiger charge is 2.23. The van der Waals surface area contributed by atoms with E-state index in [1.165, 1.54) is 19.3 Å². The summed E-state index contributed by atoms with van der Waals surface area (Å²) in [6.07, 6.45) is 4.50. The summed E-state index contributed by atoms with van der Waals surface area (Å²) in [5.41, 5.74) is 0. The second-order valence-electron chi connectivity index (χ2n) is 5.28. The molecule has 15 heavy (non-hydrogen) atoms. The summed E-state index contributed by atoms with van der Waals surface area (Å²) in [6.45, 7) is 6.43. The van der Waals surface area contributed by atoms with Gasteiger partial charge in [0.1, 0.15) is 0 Å². The van der Waals surface area contributed by atoms with Gasteiger partial charge in [-0.2, -0.15) is 0 Å². The summed E-state index contributed by atoms with van der Waals surface area (Å²) in [4.78, 5) is 2.35. The van der Waals surface area contributed by atoms with Gasteiger partial charge in [0.15, 0.2) is 0 Å². The van der Waals surface area contributed by atoms with E-state index in [9.17, 15) is 0 Å². The molecule has 1 saturated heterocycles. The van der Waals surface area contributed by atoms with Crippen LogP contribution in [0.2, 0.25) is 0 Å². The van der Waals surface area contributed by atoms with E-state index >= 15 is 0 Å². The topological polar surface area (TPSA) is 24.5 Å². The molecule has 0 unspecified atom stereocenters. The highest BCUT2D eigenvalue weighted by Crippen LogP contribution is 2.24. The number of rotatable bonds is 3. The van der Waals surface area contributed by atoms with Crippen LogP contribution in [0.5, 0.6) is 0 Å². The average molecular weight is 212 g/mol. The van der Waals surface area contributed by atoms with Gasteiger partial charge >= 0.3 is 0 Å². The molecule has 0 bridgehead atoms. The van der Waals surface area contributed by atoms with Crippen LogP contribution in [0.15, 0.2) is 0 Å². The molecule has 1 N–H and O–H groups in total. The molecule has 3 nitrogen and oxygen atoms in total. The number of hydrogen-bond donors (Lipinski definition) is 1. The third kappa shape index (κ3) is 3.44. The summed E-state index contributed by atoms with van der Waals surface area (Å²) >= 11 is 0. The average Bonchev–Trinajstić information content (AvgIpc) is 2.62. The molecule has 1 heterocycles. The van der Waals surface area contributed by atoms with E-state index in [4.69, 9.17) is 4.74 Å². The Morgan fingerprint density at radius 3 is 2.93 bits per heavy atom. The number of morpholine rings is 1. The minimum absolute atomic E-state index is 0.402. The highest BCUT2D eigenvalue weighted by atomic mass is 16.5. The molecular weight excluding hydrogens is 188 g/mol. The van der Waals surface area contributed by atoms with Crippen molar-refractivity contribution in [3.8, 4) is 0 Å². The zero-order chi connectivity index (χ0) is 10.7.